The van der Waals surface area contributed by atoms with E-state index in [1.165, 1.54) is 5.56 Å². The van der Waals surface area contributed by atoms with Gasteiger partial charge in [0.15, 0.2) is 5.96 Å². The first-order valence-corrected chi connectivity index (χ1v) is 8.99. The molecule has 1 aliphatic rings. The van der Waals surface area contributed by atoms with E-state index in [0.717, 1.165) is 56.6 Å². The number of nitrogens with zero attached hydrogens (tertiary/aromatic N) is 1. The third-order valence-corrected chi connectivity index (χ3v) is 4.33. The first kappa shape index (κ1) is 22.5. The highest BCUT2D eigenvalue weighted by Crippen LogP contribution is 2.15. The topological polar surface area (TPSA) is 54.9 Å². The Balaban J connectivity index is 0.00000312. The van der Waals surface area contributed by atoms with Crippen molar-refractivity contribution in [3.8, 4) is 0 Å². The zero-order valence-corrected chi connectivity index (χ0v) is 18.1. The lowest BCUT2D eigenvalue weighted by molar-refractivity contribution is -0.0320. The molecule has 25 heavy (non-hydrogen) atoms. The van der Waals surface area contributed by atoms with Gasteiger partial charge in [0.25, 0.3) is 0 Å². The molecular formula is C18H29ClIN3O2. The van der Waals surface area contributed by atoms with Gasteiger partial charge in [-0.2, -0.15) is 0 Å². The summed E-state index contributed by atoms with van der Waals surface area (Å²) in [7, 11) is 1.78. The third-order valence-electron chi connectivity index (χ3n) is 4.08. The van der Waals surface area contributed by atoms with Crippen LogP contribution in [-0.2, 0) is 9.47 Å². The van der Waals surface area contributed by atoms with Gasteiger partial charge in [0.2, 0.25) is 0 Å². The van der Waals surface area contributed by atoms with Gasteiger partial charge in [-0.1, -0.05) is 23.7 Å². The fraction of sp³-hybridized carbons (Fsp3) is 0.611. The highest BCUT2D eigenvalue weighted by molar-refractivity contribution is 14.0. The molecule has 0 radical (unpaired) electrons. The highest BCUT2D eigenvalue weighted by Gasteiger charge is 2.13. The number of aliphatic imine (C=N–C) groups is 1. The van der Waals surface area contributed by atoms with E-state index in [0.29, 0.717) is 6.10 Å². The van der Waals surface area contributed by atoms with Crippen LogP contribution in [0, 0.1) is 0 Å². The molecule has 0 spiro atoms. The summed E-state index contributed by atoms with van der Waals surface area (Å²) in [4.78, 5) is 4.27. The minimum absolute atomic E-state index is 0. The Morgan fingerprint density at radius 1 is 1.32 bits per heavy atom. The van der Waals surface area contributed by atoms with E-state index in [-0.39, 0.29) is 30.0 Å². The molecule has 2 rings (SSSR count). The van der Waals surface area contributed by atoms with Crippen LogP contribution in [0.5, 0.6) is 0 Å². The summed E-state index contributed by atoms with van der Waals surface area (Å²) >= 11 is 5.93. The van der Waals surface area contributed by atoms with Crippen molar-refractivity contribution in [2.45, 2.75) is 38.3 Å². The largest absolute Gasteiger partial charge is 0.381 e. The van der Waals surface area contributed by atoms with E-state index in [1.54, 1.807) is 7.05 Å². The van der Waals surface area contributed by atoms with Gasteiger partial charge in [0, 0.05) is 38.4 Å². The van der Waals surface area contributed by atoms with Gasteiger partial charge in [0.1, 0.15) is 0 Å². The van der Waals surface area contributed by atoms with Crippen molar-refractivity contribution in [3.05, 3.63) is 34.9 Å². The van der Waals surface area contributed by atoms with Crippen LogP contribution in [-0.4, -0.2) is 45.5 Å². The maximum atomic E-state index is 5.93. The van der Waals surface area contributed by atoms with Crippen LogP contribution in [0.2, 0.25) is 5.02 Å². The number of ether oxygens (including phenoxy) is 2. The molecule has 1 saturated heterocycles. The average molecular weight is 482 g/mol. The molecule has 1 aromatic rings. The van der Waals surface area contributed by atoms with E-state index in [4.69, 9.17) is 21.1 Å². The molecular weight excluding hydrogens is 453 g/mol. The smallest absolute Gasteiger partial charge is 0.191 e. The molecule has 0 amide bonds. The fourth-order valence-corrected chi connectivity index (χ4v) is 2.73. The first-order valence-electron chi connectivity index (χ1n) is 8.61. The van der Waals surface area contributed by atoms with Gasteiger partial charge in [-0.05, 0) is 43.9 Å². The molecule has 0 saturated carbocycles. The number of halogens is 2. The Morgan fingerprint density at radius 3 is 2.64 bits per heavy atom. The zero-order valence-electron chi connectivity index (χ0n) is 15.0. The Labute approximate surface area is 172 Å². The number of benzene rings is 1. The van der Waals surface area contributed by atoms with Gasteiger partial charge in [-0.3, -0.25) is 4.99 Å². The average Bonchev–Trinajstić information content (AvgIpc) is 2.61. The van der Waals surface area contributed by atoms with Gasteiger partial charge in [0.05, 0.1) is 12.1 Å². The van der Waals surface area contributed by atoms with Crippen LogP contribution in [0.25, 0.3) is 0 Å². The molecule has 2 N–H and O–H groups in total. The van der Waals surface area contributed by atoms with E-state index in [9.17, 15) is 0 Å². The molecule has 1 atom stereocenters. The minimum Gasteiger partial charge on any atom is -0.381 e. The molecule has 142 valence electrons. The quantitative estimate of drug-likeness (QED) is 0.269. The van der Waals surface area contributed by atoms with Crippen molar-refractivity contribution in [2.24, 2.45) is 4.99 Å². The molecule has 5 nitrogen and oxygen atoms in total. The predicted molar refractivity (Wildman–Crippen MR) is 114 cm³/mol. The second-order valence-electron chi connectivity index (χ2n) is 5.95. The van der Waals surface area contributed by atoms with Crippen molar-refractivity contribution in [1.82, 2.24) is 10.6 Å². The van der Waals surface area contributed by atoms with E-state index >= 15 is 0 Å². The van der Waals surface area contributed by atoms with Crippen molar-refractivity contribution in [1.29, 1.82) is 0 Å². The molecule has 1 fully saturated rings. The third kappa shape index (κ3) is 8.57. The van der Waals surface area contributed by atoms with Crippen LogP contribution < -0.4 is 10.6 Å². The van der Waals surface area contributed by atoms with E-state index < -0.39 is 0 Å². The SMILES string of the molecule is CN=C(NCCCOC1CCOCC1)NC(C)c1ccc(Cl)cc1.I. The molecule has 0 bridgehead atoms. The van der Waals surface area contributed by atoms with Crippen LogP contribution in [0.4, 0.5) is 0 Å². The monoisotopic (exact) mass is 481 g/mol. The standard InChI is InChI=1S/C18H28ClN3O2.HI/c1-14(15-4-6-16(19)7-5-15)22-18(20-2)21-10-3-11-24-17-8-12-23-13-9-17;/h4-7,14,17H,3,8-13H2,1-2H3,(H2,20,21,22);1H. The van der Waals surface area contributed by atoms with Crippen LogP contribution in [0.15, 0.2) is 29.3 Å². The molecule has 1 aliphatic heterocycles. The lowest BCUT2D eigenvalue weighted by Gasteiger charge is -2.22. The Morgan fingerprint density at radius 2 is 2.00 bits per heavy atom. The number of rotatable bonds is 7. The van der Waals surface area contributed by atoms with Crippen LogP contribution >= 0.6 is 35.6 Å². The summed E-state index contributed by atoms with van der Waals surface area (Å²) in [5.41, 5.74) is 1.17. The van der Waals surface area contributed by atoms with Gasteiger partial charge < -0.3 is 20.1 Å². The van der Waals surface area contributed by atoms with Crippen molar-refractivity contribution in [3.63, 3.8) is 0 Å². The van der Waals surface area contributed by atoms with E-state index in [2.05, 4.69) is 22.5 Å². The molecule has 1 heterocycles. The summed E-state index contributed by atoms with van der Waals surface area (Å²) in [5.74, 6) is 0.795. The zero-order chi connectivity index (χ0) is 17.2. The number of hydrogen-bond acceptors (Lipinski definition) is 3. The molecule has 7 heteroatoms. The maximum Gasteiger partial charge on any atom is 0.191 e. The summed E-state index contributed by atoms with van der Waals surface area (Å²) < 4.78 is 11.2. The second kappa shape index (κ2) is 12.7. The first-order chi connectivity index (χ1) is 11.7. The Bertz CT molecular complexity index is 508. The fourth-order valence-electron chi connectivity index (χ4n) is 2.61. The Hall–Kier alpha value is -0.570. The van der Waals surface area contributed by atoms with Crippen molar-refractivity contribution in [2.75, 3.05) is 33.4 Å². The van der Waals surface area contributed by atoms with Gasteiger partial charge >= 0.3 is 0 Å². The highest BCUT2D eigenvalue weighted by atomic mass is 127. The van der Waals surface area contributed by atoms with Gasteiger partial charge in [-0.25, -0.2) is 0 Å². The van der Waals surface area contributed by atoms with Crippen LogP contribution in [0.1, 0.15) is 37.8 Å². The lowest BCUT2D eigenvalue weighted by Crippen LogP contribution is -2.39. The Kier molecular flexibility index (Phi) is 11.4. The summed E-state index contributed by atoms with van der Waals surface area (Å²) in [6, 6.07) is 8.01. The molecule has 1 aromatic carbocycles. The van der Waals surface area contributed by atoms with E-state index in [1.807, 2.05) is 24.3 Å². The minimum atomic E-state index is 0. The summed E-state index contributed by atoms with van der Waals surface area (Å²) in [5, 5.41) is 7.46. The van der Waals surface area contributed by atoms with Gasteiger partial charge in [-0.15, -0.1) is 24.0 Å². The van der Waals surface area contributed by atoms with Crippen molar-refractivity contribution < 1.29 is 9.47 Å². The maximum absolute atomic E-state index is 5.93. The number of guanidine groups is 1. The predicted octanol–water partition coefficient (Wildman–Crippen LogP) is 3.77. The summed E-state index contributed by atoms with van der Waals surface area (Å²) in [6.45, 7) is 5.34. The normalized spacial score (nSPS) is 16.8. The molecule has 0 aromatic heterocycles. The second-order valence-corrected chi connectivity index (χ2v) is 6.39. The van der Waals surface area contributed by atoms with Crippen molar-refractivity contribution >= 4 is 41.5 Å². The van der Waals surface area contributed by atoms with Crippen LogP contribution in [0.3, 0.4) is 0 Å². The molecule has 1 unspecified atom stereocenters. The number of nitrogens with one attached hydrogen (secondary N) is 2. The summed E-state index contributed by atoms with van der Waals surface area (Å²) in [6.07, 6.45) is 3.33. The molecule has 0 aliphatic carbocycles. The number of hydrogen-bond donors (Lipinski definition) is 2. The lowest BCUT2D eigenvalue weighted by atomic mass is 10.1.